The first-order chi connectivity index (χ1) is 13.8. The summed E-state index contributed by atoms with van der Waals surface area (Å²) in [5, 5.41) is 21.2. The standard InChI is InChI=1S/C27H46O2/c1-17(25(29)11-6-18-4-5-18)22-9-10-23-21-8-7-19-16-20(28)12-14-26(19,2)24(21)13-15-27(22,23)3/h17-25,28-29H,4-16H2,1-3H3/t17-,19-,20-,21-,22+,23-,24-,25-,26-,27+/m0/s1. The van der Waals surface area contributed by atoms with E-state index in [0.29, 0.717) is 16.7 Å². The average molecular weight is 403 g/mol. The van der Waals surface area contributed by atoms with Crippen molar-refractivity contribution >= 4 is 0 Å². The molecule has 0 aliphatic heterocycles. The first-order valence-electron chi connectivity index (χ1n) is 13.2. The smallest absolute Gasteiger partial charge is 0.0568 e. The number of hydrogen-bond donors (Lipinski definition) is 2. The molecule has 166 valence electrons. The molecule has 0 heterocycles. The lowest BCUT2D eigenvalue weighted by Crippen LogP contribution is -2.54. The third-order valence-electron chi connectivity index (χ3n) is 11.5. The van der Waals surface area contributed by atoms with Crippen LogP contribution in [0.25, 0.3) is 0 Å². The van der Waals surface area contributed by atoms with Gasteiger partial charge in [-0.3, -0.25) is 0 Å². The molecule has 0 radical (unpaired) electrons. The third-order valence-corrected chi connectivity index (χ3v) is 11.5. The van der Waals surface area contributed by atoms with Crippen molar-refractivity contribution in [1.29, 1.82) is 0 Å². The summed E-state index contributed by atoms with van der Waals surface area (Å²) < 4.78 is 0. The van der Waals surface area contributed by atoms with Crippen LogP contribution in [-0.4, -0.2) is 22.4 Å². The molecule has 0 saturated heterocycles. The molecular formula is C27H46O2. The first-order valence-corrected chi connectivity index (χ1v) is 13.2. The molecule has 2 nitrogen and oxygen atoms in total. The second-order valence-electron chi connectivity index (χ2n) is 12.8. The van der Waals surface area contributed by atoms with E-state index in [-0.39, 0.29) is 12.2 Å². The van der Waals surface area contributed by atoms with Crippen molar-refractivity contribution in [2.45, 2.75) is 116 Å². The van der Waals surface area contributed by atoms with Gasteiger partial charge in [0.2, 0.25) is 0 Å². The Morgan fingerprint density at radius 3 is 2.34 bits per heavy atom. The molecule has 0 aromatic carbocycles. The molecule has 0 bridgehead atoms. The van der Waals surface area contributed by atoms with Gasteiger partial charge >= 0.3 is 0 Å². The highest BCUT2D eigenvalue weighted by Crippen LogP contribution is 2.68. The molecule has 0 spiro atoms. The van der Waals surface area contributed by atoms with Crippen LogP contribution in [-0.2, 0) is 0 Å². The fourth-order valence-electron chi connectivity index (χ4n) is 9.48. The van der Waals surface area contributed by atoms with Crippen molar-refractivity contribution in [2.75, 3.05) is 0 Å². The topological polar surface area (TPSA) is 40.5 Å². The van der Waals surface area contributed by atoms with Crippen LogP contribution in [0.15, 0.2) is 0 Å². The Bertz CT molecular complexity index is 599. The van der Waals surface area contributed by atoms with E-state index in [1.54, 1.807) is 0 Å². The van der Waals surface area contributed by atoms with E-state index in [9.17, 15) is 10.2 Å². The summed E-state index contributed by atoms with van der Waals surface area (Å²) in [5.41, 5.74) is 0.940. The maximum atomic E-state index is 11.0. The minimum atomic E-state index is -0.0815. The van der Waals surface area contributed by atoms with Gasteiger partial charge in [-0.15, -0.1) is 0 Å². The Morgan fingerprint density at radius 2 is 1.59 bits per heavy atom. The van der Waals surface area contributed by atoms with Crippen molar-refractivity contribution in [1.82, 2.24) is 0 Å². The molecule has 29 heavy (non-hydrogen) atoms. The Labute approximate surface area is 179 Å². The molecule has 0 amide bonds. The number of aliphatic hydroxyl groups excluding tert-OH is 2. The van der Waals surface area contributed by atoms with Gasteiger partial charge in [0.05, 0.1) is 12.2 Å². The van der Waals surface area contributed by atoms with Crippen LogP contribution in [0.1, 0.15) is 104 Å². The van der Waals surface area contributed by atoms with Crippen LogP contribution < -0.4 is 0 Å². The highest BCUT2D eigenvalue weighted by atomic mass is 16.3. The summed E-state index contributed by atoms with van der Waals surface area (Å²) in [6.07, 6.45) is 16.7. The Morgan fingerprint density at radius 1 is 0.862 bits per heavy atom. The lowest BCUT2D eigenvalue weighted by Gasteiger charge is -2.61. The van der Waals surface area contributed by atoms with Crippen molar-refractivity contribution in [3.63, 3.8) is 0 Å². The molecule has 2 heteroatoms. The summed E-state index contributed by atoms with van der Waals surface area (Å²) in [7, 11) is 0. The summed E-state index contributed by atoms with van der Waals surface area (Å²) in [5.74, 6) is 5.57. The first kappa shape index (κ1) is 20.8. The van der Waals surface area contributed by atoms with E-state index in [0.717, 1.165) is 54.8 Å². The molecule has 10 atom stereocenters. The monoisotopic (exact) mass is 402 g/mol. The van der Waals surface area contributed by atoms with Gasteiger partial charge < -0.3 is 10.2 Å². The van der Waals surface area contributed by atoms with Crippen molar-refractivity contribution in [3.05, 3.63) is 0 Å². The van der Waals surface area contributed by atoms with E-state index in [1.807, 2.05) is 0 Å². The van der Waals surface area contributed by atoms with Gasteiger partial charge in [0.15, 0.2) is 0 Å². The summed E-state index contributed by atoms with van der Waals surface area (Å²) >= 11 is 0. The van der Waals surface area contributed by atoms with Gasteiger partial charge in [-0.05, 0) is 123 Å². The van der Waals surface area contributed by atoms with Crippen LogP contribution in [0.5, 0.6) is 0 Å². The molecule has 5 saturated carbocycles. The molecule has 5 aliphatic rings. The normalized spacial score (nSPS) is 51.6. The zero-order valence-electron chi connectivity index (χ0n) is 19.3. The van der Waals surface area contributed by atoms with Gasteiger partial charge in [0.1, 0.15) is 0 Å². The maximum absolute atomic E-state index is 11.0. The minimum Gasteiger partial charge on any atom is -0.393 e. The van der Waals surface area contributed by atoms with Gasteiger partial charge in [0.25, 0.3) is 0 Å². The van der Waals surface area contributed by atoms with Crippen LogP contribution >= 0.6 is 0 Å². The second-order valence-corrected chi connectivity index (χ2v) is 12.8. The van der Waals surface area contributed by atoms with Crippen LogP contribution in [0, 0.1) is 52.3 Å². The molecular weight excluding hydrogens is 356 g/mol. The number of fused-ring (bicyclic) bond motifs is 5. The van der Waals surface area contributed by atoms with E-state index in [2.05, 4.69) is 20.8 Å². The lowest BCUT2D eigenvalue weighted by molar-refractivity contribution is -0.132. The molecule has 0 aromatic heterocycles. The number of aliphatic hydroxyl groups is 2. The molecule has 0 unspecified atom stereocenters. The van der Waals surface area contributed by atoms with Gasteiger partial charge in [0, 0.05) is 0 Å². The predicted octanol–water partition coefficient (Wildman–Crippen LogP) is 6.19. The quantitative estimate of drug-likeness (QED) is 0.575. The molecule has 2 N–H and O–H groups in total. The Kier molecular flexibility index (Phi) is 5.38. The third kappa shape index (κ3) is 3.43. The molecule has 5 fully saturated rings. The fourth-order valence-corrected chi connectivity index (χ4v) is 9.48. The Balaban J connectivity index is 1.30. The van der Waals surface area contributed by atoms with Crippen LogP contribution in [0.3, 0.4) is 0 Å². The molecule has 5 rings (SSSR count). The van der Waals surface area contributed by atoms with Gasteiger partial charge in [-0.1, -0.05) is 33.6 Å². The predicted molar refractivity (Wildman–Crippen MR) is 118 cm³/mol. The van der Waals surface area contributed by atoms with Gasteiger partial charge in [-0.2, -0.15) is 0 Å². The summed E-state index contributed by atoms with van der Waals surface area (Å²) in [6.45, 7) is 7.59. The molecule has 5 aliphatic carbocycles. The highest BCUT2D eigenvalue weighted by molar-refractivity contribution is 5.10. The Hall–Kier alpha value is -0.0800. The number of hydrogen-bond acceptors (Lipinski definition) is 2. The van der Waals surface area contributed by atoms with Crippen LogP contribution in [0.4, 0.5) is 0 Å². The summed E-state index contributed by atoms with van der Waals surface area (Å²) in [6, 6.07) is 0. The van der Waals surface area contributed by atoms with E-state index < -0.39 is 0 Å². The van der Waals surface area contributed by atoms with Crippen molar-refractivity contribution in [3.8, 4) is 0 Å². The van der Waals surface area contributed by atoms with E-state index in [1.165, 1.54) is 64.2 Å². The van der Waals surface area contributed by atoms with Crippen molar-refractivity contribution in [2.24, 2.45) is 52.3 Å². The fraction of sp³-hybridized carbons (Fsp3) is 1.00. The second kappa shape index (κ2) is 7.51. The zero-order valence-corrected chi connectivity index (χ0v) is 19.3. The van der Waals surface area contributed by atoms with Gasteiger partial charge in [-0.25, -0.2) is 0 Å². The van der Waals surface area contributed by atoms with Crippen molar-refractivity contribution < 1.29 is 10.2 Å². The minimum absolute atomic E-state index is 0.0349. The average Bonchev–Trinajstić information content (AvgIpc) is 3.46. The molecule has 0 aromatic rings. The maximum Gasteiger partial charge on any atom is 0.0568 e. The lowest BCUT2D eigenvalue weighted by atomic mass is 9.44. The zero-order chi connectivity index (χ0) is 20.4. The largest absolute Gasteiger partial charge is 0.393 e. The van der Waals surface area contributed by atoms with E-state index in [4.69, 9.17) is 0 Å². The highest BCUT2D eigenvalue weighted by Gasteiger charge is 2.60. The van der Waals surface area contributed by atoms with Crippen LogP contribution in [0.2, 0.25) is 0 Å². The van der Waals surface area contributed by atoms with E-state index >= 15 is 0 Å². The number of rotatable bonds is 5. The summed E-state index contributed by atoms with van der Waals surface area (Å²) in [4.78, 5) is 0. The SMILES string of the molecule is C[C@@H]([C@H]1CC[C@H]2[C@@H]3CC[C@H]4C[C@@H](O)CC[C@]4(C)[C@H]3CC[C@]12C)[C@@H](O)CCC1CC1.